The van der Waals surface area contributed by atoms with Gasteiger partial charge >= 0.3 is 5.97 Å². The van der Waals surface area contributed by atoms with E-state index in [1.54, 1.807) is 38.4 Å². The summed E-state index contributed by atoms with van der Waals surface area (Å²) in [4.78, 5) is 26.5. The maximum atomic E-state index is 12.6. The van der Waals surface area contributed by atoms with Gasteiger partial charge in [0.25, 0.3) is 5.91 Å². The maximum Gasteiger partial charge on any atom is 0.339 e. The van der Waals surface area contributed by atoms with E-state index in [1.807, 2.05) is 53.9 Å². The summed E-state index contributed by atoms with van der Waals surface area (Å²) in [7, 11) is 3.30. The Labute approximate surface area is 162 Å². The fourth-order valence-electron chi connectivity index (χ4n) is 2.63. The molecule has 3 rings (SSSR count). The standard InChI is InChI=1S/C20H21NO3S2/c1-21(2)18(22)17(14-6-4-3-5-7-14)24-19(23)15-8-10-16(11-9-15)20-25-12-13-26-20/h3-11,17,20H,12-13H2,1-2H3/t17-/m0/s1. The summed E-state index contributed by atoms with van der Waals surface area (Å²) in [5, 5.41) is 0. The van der Waals surface area contributed by atoms with Crippen LogP contribution >= 0.6 is 23.5 Å². The van der Waals surface area contributed by atoms with E-state index in [2.05, 4.69) is 0 Å². The molecule has 0 spiro atoms. The third kappa shape index (κ3) is 4.43. The number of rotatable bonds is 5. The second-order valence-electron chi connectivity index (χ2n) is 6.12. The molecule has 0 bridgehead atoms. The van der Waals surface area contributed by atoms with Crippen LogP contribution in [0, 0.1) is 0 Å². The van der Waals surface area contributed by atoms with E-state index < -0.39 is 12.1 Å². The molecule has 4 nitrogen and oxygen atoms in total. The molecule has 136 valence electrons. The second-order valence-corrected chi connectivity index (χ2v) is 8.85. The normalized spacial score (nSPS) is 15.5. The van der Waals surface area contributed by atoms with Gasteiger partial charge in [0, 0.05) is 31.2 Å². The number of carbonyl (C=O) groups is 2. The molecule has 0 aliphatic carbocycles. The van der Waals surface area contributed by atoms with Crippen LogP contribution in [0.25, 0.3) is 0 Å². The molecule has 1 amide bonds. The summed E-state index contributed by atoms with van der Waals surface area (Å²) in [5.74, 6) is 1.56. The topological polar surface area (TPSA) is 46.6 Å². The van der Waals surface area contributed by atoms with E-state index in [0.29, 0.717) is 15.7 Å². The Bertz CT molecular complexity index is 756. The van der Waals surface area contributed by atoms with Crippen molar-refractivity contribution in [2.75, 3.05) is 25.6 Å². The van der Waals surface area contributed by atoms with Gasteiger partial charge in [-0.05, 0) is 17.7 Å². The van der Waals surface area contributed by atoms with Gasteiger partial charge in [0.1, 0.15) is 0 Å². The predicted molar refractivity (Wildman–Crippen MR) is 107 cm³/mol. The lowest BCUT2D eigenvalue weighted by atomic mass is 10.1. The van der Waals surface area contributed by atoms with Crippen molar-refractivity contribution in [3.05, 3.63) is 71.3 Å². The fraction of sp³-hybridized carbons (Fsp3) is 0.300. The number of carbonyl (C=O) groups excluding carboxylic acids is 2. The van der Waals surface area contributed by atoms with Crippen molar-refractivity contribution in [1.29, 1.82) is 0 Å². The van der Waals surface area contributed by atoms with Crippen LogP contribution in [0.1, 0.15) is 32.2 Å². The number of hydrogen-bond donors (Lipinski definition) is 0. The highest BCUT2D eigenvalue weighted by Crippen LogP contribution is 2.45. The SMILES string of the molecule is CN(C)C(=O)[C@@H](OC(=O)c1ccc(C2SCCS2)cc1)c1ccccc1. The van der Waals surface area contributed by atoms with Crippen LogP contribution < -0.4 is 0 Å². The van der Waals surface area contributed by atoms with Crippen LogP contribution in [0.4, 0.5) is 0 Å². The maximum absolute atomic E-state index is 12.6. The first kappa shape index (κ1) is 18.9. The minimum absolute atomic E-state index is 0.264. The van der Waals surface area contributed by atoms with Gasteiger partial charge < -0.3 is 9.64 Å². The molecule has 0 N–H and O–H groups in total. The van der Waals surface area contributed by atoms with Crippen molar-refractivity contribution >= 4 is 35.4 Å². The molecule has 1 aliphatic heterocycles. The summed E-state index contributed by atoms with van der Waals surface area (Å²) in [6, 6.07) is 16.6. The molecule has 6 heteroatoms. The number of esters is 1. The summed E-state index contributed by atoms with van der Waals surface area (Å²) in [6.07, 6.45) is -0.945. The van der Waals surface area contributed by atoms with Gasteiger partial charge in [-0.15, -0.1) is 23.5 Å². The van der Waals surface area contributed by atoms with Crippen LogP contribution in [0.15, 0.2) is 54.6 Å². The Morgan fingerprint density at radius 2 is 1.62 bits per heavy atom. The van der Waals surface area contributed by atoms with E-state index >= 15 is 0 Å². The van der Waals surface area contributed by atoms with E-state index in [1.165, 1.54) is 10.5 Å². The quantitative estimate of drug-likeness (QED) is 0.721. The lowest BCUT2D eigenvalue weighted by Crippen LogP contribution is -2.31. The zero-order chi connectivity index (χ0) is 18.5. The average molecular weight is 388 g/mol. The molecule has 1 aliphatic rings. The molecule has 1 fully saturated rings. The van der Waals surface area contributed by atoms with Gasteiger partial charge in [-0.3, -0.25) is 4.79 Å². The number of amides is 1. The first-order valence-corrected chi connectivity index (χ1v) is 10.5. The lowest BCUT2D eigenvalue weighted by molar-refractivity contribution is -0.138. The summed E-state index contributed by atoms with van der Waals surface area (Å²) in [5.41, 5.74) is 2.32. The summed E-state index contributed by atoms with van der Waals surface area (Å²) >= 11 is 3.84. The molecule has 2 aromatic rings. The van der Waals surface area contributed by atoms with Gasteiger partial charge in [0.05, 0.1) is 10.1 Å². The van der Waals surface area contributed by atoms with Gasteiger partial charge in [-0.2, -0.15) is 0 Å². The molecule has 0 unspecified atom stereocenters. The molecule has 1 saturated heterocycles. The number of thioether (sulfide) groups is 2. The smallest absolute Gasteiger partial charge is 0.339 e. The minimum atomic E-state index is -0.945. The van der Waals surface area contributed by atoms with Crippen molar-refractivity contribution in [3.63, 3.8) is 0 Å². The van der Waals surface area contributed by atoms with Crippen molar-refractivity contribution in [3.8, 4) is 0 Å². The highest BCUT2D eigenvalue weighted by atomic mass is 32.2. The van der Waals surface area contributed by atoms with E-state index in [9.17, 15) is 9.59 Å². The third-order valence-electron chi connectivity index (χ3n) is 4.03. The zero-order valence-corrected chi connectivity index (χ0v) is 16.4. The highest BCUT2D eigenvalue weighted by molar-refractivity contribution is 8.19. The van der Waals surface area contributed by atoms with Crippen LogP contribution in [-0.4, -0.2) is 42.4 Å². The second kappa shape index (κ2) is 8.64. The number of ether oxygens (including phenoxy) is 1. The molecule has 1 atom stereocenters. The predicted octanol–water partition coefficient (Wildman–Crippen LogP) is 4.15. The van der Waals surface area contributed by atoms with Crippen LogP contribution in [0.2, 0.25) is 0 Å². The monoisotopic (exact) mass is 387 g/mol. The molecule has 2 aromatic carbocycles. The van der Waals surface area contributed by atoms with Crippen LogP contribution in [0.3, 0.4) is 0 Å². The van der Waals surface area contributed by atoms with Gasteiger partial charge in [0.2, 0.25) is 6.10 Å². The first-order chi connectivity index (χ1) is 12.6. The average Bonchev–Trinajstić information content (AvgIpc) is 3.21. The molecule has 26 heavy (non-hydrogen) atoms. The Morgan fingerprint density at radius 3 is 2.19 bits per heavy atom. The first-order valence-electron chi connectivity index (χ1n) is 8.36. The molecular weight excluding hydrogens is 366 g/mol. The Balaban J connectivity index is 1.76. The van der Waals surface area contributed by atoms with Gasteiger partial charge in [-0.1, -0.05) is 42.5 Å². The van der Waals surface area contributed by atoms with Crippen molar-refractivity contribution in [2.45, 2.75) is 10.7 Å². The minimum Gasteiger partial charge on any atom is -0.444 e. The largest absolute Gasteiger partial charge is 0.444 e. The van der Waals surface area contributed by atoms with Crippen molar-refractivity contribution in [2.24, 2.45) is 0 Å². The third-order valence-corrected chi connectivity index (χ3v) is 7.14. The summed E-state index contributed by atoms with van der Waals surface area (Å²) in [6.45, 7) is 0. The highest BCUT2D eigenvalue weighted by Gasteiger charge is 2.27. The van der Waals surface area contributed by atoms with E-state index in [4.69, 9.17) is 4.74 Å². The number of likely N-dealkylation sites (N-methyl/N-ethyl adjacent to an activating group) is 1. The molecule has 0 saturated carbocycles. The van der Waals surface area contributed by atoms with Gasteiger partial charge in [-0.25, -0.2) is 4.79 Å². The van der Waals surface area contributed by atoms with Gasteiger partial charge in [0.15, 0.2) is 0 Å². The Hall–Kier alpha value is -1.92. The molecule has 0 radical (unpaired) electrons. The fourth-order valence-corrected chi connectivity index (χ4v) is 5.49. The number of hydrogen-bond acceptors (Lipinski definition) is 5. The zero-order valence-electron chi connectivity index (χ0n) is 14.8. The Morgan fingerprint density at radius 1 is 1.00 bits per heavy atom. The molecular formula is C20H21NO3S2. The van der Waals surface area contributed by atoms with Crippen LogP contribution in [0.5, 0.6) is 0 Å². The number of nitrogens with zero attached hydrogens (tertiary/aromatic N) is 1. The van der Waals surface area contributed by atoms with Crippen molar-refractivity contribution < 1.29 is 14.3 Å². The van der Waals surface area contributed by atoms with Crippen molar-refractivity contribution in [1.82, 2.24) is 4.90 Å². The van der Waals surface area contributed by atoms with E-state index in [0.717, 1.165) is 11.5 Å². The van der Waals surface area contributed by atoms with Crippen LogP contribution in [-0.2, 0) is 9.53 Å². The number of benzene rings is 2. The summed E-state index contributed by atoms with van der Waals surface area (Å²) < 4.78 is 6.01. The lowest BCUT2D eigenvalue weighted by Gasteiger charge is -2.21. The Kier molecular flexibility index (Phi) is 6.27. The molecule has 1 heterocycles. The molecule has 0 aromatic heterocycles. The van der Waals surface area contributed by atoms with E-state index in [-0.39, 0.29) is 5.91 Å².